The highest BCUT2D eigenvalue weighted by Gasteiger charge is 2.07. The van der Waals surface area contributed by atoms with Crippen LogP contribution in [0, 0.1) is 6.92 Å². The third-order valence-corrected chi connectivity index (χ3v) is 3.63. The lowest BCUT2D eigenvalue weighted by molar-refractivity contribution is 0.414. The van der Waals surface area contributed by atoms with Gasteiger partial charge in [-0.25, -0.2) is 0 Å². The number of ether oxygens (including phenoxy) is 1. The fourth-order valence-corrected chi connectivity index (χ4v) is 2.40. The maximum Gasteiger partial charge on any atom is 0.118 e. The van der Waals surface area contributed by atoms with E-state index in [4.69, 9.17) is 22.7 Å². The first-order valence-electron chi connectivity index (χ1n) is 6.88. The van der Waals surface area contributed by atoms with Gasteiger partial charge in [0.05, 0.1) is 7.11 Å². The maximum absolute atomic E-state index is 5.78. The second-order valence-corrected chi connectivity index (χ2v) is 5.33. The highest BCUT2D eigenvalue weighted by Crippen LogP contribution is 2.20. The molecule has 3 N–H and O–H groups in total. The number of nitrogens with one attached hydrogen (secondary N) is 1. The summed E-state index contributed by atoms with van der Waals surface area (Å²) in [5, 5.41) is 3.44. The summed E-state index contributed by atoms with van der Waals surface area (Å²) in [5.41, 5.74) is 10.1. The molecule has 0 saturated heterocycles. The van der Waals surface area contributed by atoms with Crippen molar-refractivity contribution in [2.45, 2.75) is 13.3 Å². The van der Waals surface area contributed by atoms with Crippen molar-refractivity contribution < 1.29 is 4.74 Å². The number of benzene rings is 2. The number of para-hydroxylation sites is 1. The number of rotatable bonds is 6. The number of anilines is 1. The molecule has 0 atom stereocenters. The summed E-state index contributed by atoms with van der Waals surface area (Å²) in [6, 6.07) is 14.1. The normalized spacial score (nSPS) is 10.2. The smallest absolute Gasteiger partial charge is 0.118 e. The average molecular weight is 300 g/mol. The summed E-state index contributed by atoms with van der Waals surface area (Å²) in [6.45, 7) is 2.88. The van der Waals surface area contributed by atoms with Crippen LogP contribution in [0.3, 0.4) is 0 Å². The van der Waals surface area contributed by atoms with Gasteiger partial charge < -0.3 is 15.8 Å². The van der Waals surface area contributed by atoms with E-state index < -0.39 is 0 Å². The minimum Gasteiger partial charge on any atom is -0.497 e. The lowest BCUT2D eigenvalue weighted by atomic mass is 10.1. The molecule has 0 amide bonds. The van der Waals surface area contributed by atoms with Crippen molar-refractivity contribution in [3.8, 4) is 5.75 Å². The molecule has 21 heavy (non-hydrogen) atoms. The summed E-state index contributed by atoms with van der Waals surface area (Å²) in [6.07, 6.45) is 0.926. The summed E-state index contributed by atoms with van der Waals surface area (Å²) in [5.74, 6) is 0.876. The van der Waals surface area contributed by atoms with Crippen LogP contribution >= 0.6 is 12.2 Å². The van der Waals surface area contributed by atoms with Gasteiger partial charge in [0.15, 0.2) is 0 Å². The first-order chi connectivity index (χ1) is 10.1. The van der Waals surface area contributed by atoms with Crippen molar-refractivity contribution in [2.24, 2.45) is 5.73 Å². The van der Waals surface area contributed by atoms with E-state index in [0.29, 0.717) is 4.99 Å². The molecule has 2 aromatic rings. The van der Waals surface area contributed by atoms with Crippen LogP contribution in [0.1, 0.15) is 16.7 Å². The first-order valence-corrected chi connectivity index (χ1v) is 7.29. The molecule has 0 aromatic heterocycles. The zero-order chi connectivity index (χ0) is 15.2. The Hall–Kier alpha value is -2.07. The van der Waals surface area contributed by atoms with E-state index in [0.717, 1.165) is 35.5 Å². The van der Waals surface area contributed by atoms with E-state index in [1.807, 2.05) is 24.3 Å². The van der Waals surface area contributed by atoms with E-state index in [2.05, 4.69) is 30.4 Å². The van der Waals surface area contributed by atoms with Gasteiger partial charge in [0.2, 0.25) is 0 Å². The van der Waals surface area contributed by atoms with Gasteiger partial charge >= 0.3 is 0 Å². The molecular weight excluding hydrogens is 280 g/mol. The lowest BCUT2D eigenvalue weighted by Gasteiger charge is -2.14. The third-order valence-electron chi connectivity index (χ3n) is 3.41. The summed E-state index contributed by atoms with van der Waals surface area (Å²) < 4.78 is 5.16. The number of aryl methyl sites for hydroxylation is 1. The molecule has 0 saturated carbocycles. The Morgan fingerprint density at radius 1 is 1.19 bits per heavy atom. The Morgan fingerprint density at radius 2 is 1.90 bits per heavy atom. The van der Waals surface area contributed by atoms with Crippen LogP contribution in [-0.4, -0.2) is 18.6 Å². The van der Waals surface area contributed by atoms with Gasteiger partial charge in [0, 0.05) is 17.8 Å². The average Bonchev–Trinajstić information content (AvgIpc) is 2.49. The van der Waals surface area contributed by atoms with Crippen molar-refractivity contribution >= 4 is 22.9 Å². The lowest BCUT2D eigenvalue weighted by Crippen LogP contribution is -2.15. The molecule has 0 heterocycles. The zero-order valence-electron chi connectivity index (χ0n) is 12.3. The van der Waals surface area contributed by atoms with Crippen molar-refractivity contribution in [1.29, 1.82) is 0 Å². The molecule has 0 spiro atoms. The molecule has 0 bridgehead atoms. The van der Waals surface area contributed by atoms with Gasteiger partial charge in [-0.1, -0.05) is 36.5 Å². The van der Waals surface area contributed by atoms with Gasteiger partial charge in [0.1, 0.15) is 10.7 Å². The van der Waals surface area contributed by atoms with Crippen LogP contribution in [0.15, 0.2) is 42.5 Å². The molecule has 0 aliphatic carbocycles. The number of hydrogen-bond donors (Lipinski definition) is 2. The SMILES string of the molecule is COc1ccc(CCNc2c(C)cccc2C(N)=S)cc1. The minimum atomic E-state index is 0.422. The van der Waals surface area contributed by atoms with Crippen LogP contribution in [0.25, 0.3) is 0 Å². The van der Waals surface area contributed by atoms with Crippen molar-refractivity contribution in [2.75, 3.05) is 19.0 Å². The first kappa shape index (κ1) is 15.3. The molecule has 3 nitrogen and oxygen atoms in total. The van der Waals surface area contributed by atoms with Crippen LogP contribution in [0.2, 0.25) is 0 Å². The predicted octanol–water partition coefficient (Wildman–Crippen LogP) is 3.29. The molecule has 2 aromatic carbocycles. The molecule has 0 aliphatic rings. The molecular formula is C17H20N2OS. The summed E-state index contributed by atoms with van der Waals surface area (Å²) in [4.78, 5) is 0.422. The van der Waals surface area contributed by atoms with E-state index in [9.17, 15) is 0 Å². The standard InChI is InChI=1S/C17H20N2OS/c1-12-4-3-5-15(17(18)21)16(12)19-11-10-13-6-8-14(20-2)9-7-13/h3-9,19H,10-11H2,1-2H3,(H2,18,21). The highest BCUT2D eigenvalue weighted by atomic mass is 32.1. The van der Waals surface area contributed by atoms with E-state index in [-0.39, 0.29) is 0 Å². The summed E-state index contributed by atoms with van der Waals surface area (Å²) >= 11 is 5.10. The number of nitrogens with two attached hydrogens (primary N) is 1. The number of hydrogen-bond acceptors (Lipinski definition) is 3. The zero-order valence-corrected chi connectivity index (χ0v) is 13.2. The van der Waals surface area contributed by atoms with Gasteiger partial charge in [-0.15, -0.1) is 0 Å². The van der Waals surface area contributed by atoms with Crippen LogP contribution in [0.4, 0.5) is 5.69 Å². The van der Waals surface area contributed by atoms with Crippen LogP contribution in [0.5, 0.6) is 5.75 Å². The van der Waals surface area contributed by atoms with E-state index in [1.165, 1.54) is 5.56 Å². The Kier molecular flexibility index (Phi) is 5.17. The van der Waals surface area contributed by atoms with Crippen molar-refractivity contribution in [3.05, 3.63) is 59.2 Å². The highest BCUT2D eigenvalue weighted by molar-refractivity contribution is 7.80. The van der Waals surface area contributed by atoms with Crippen LogP contribution < -0.4 is 15.8 Å². The second kappa shape index (κ2) is 7.09. The molecule has 2 rings (SSSR count). The Bertz CT molecular complexity index is 623. The Labute approximate surface area is 131 Å². The van der Waals surface area contributed by atoms with Crippen molar-refractivity contribution in [1.82, 2.24) is 0 Å². The summed E-state index contributed by atoms with van der Waals surface area (Å²) in [7, 11) is 1.67. The minimum absolute atomic E-state index is 0.422. The van der Waals surface area contributed by atoms with E-state index in [1.54, 1.807) is 7.11 Å². The predicted molar refractivity (Wildman–Crippen MR) is 92.3 cm³/mol. The molecule has 110 valence electrons. The Balaban J connectivity index is 2.01. The van der Waals surface area contributed by atoms with E-state index >= 15 is 0 Å². The number of methoxy groups -OCH3 is 1. The molecule has 4 heteroatoms. The largest absolute Gasteiger partial charge is 0.497 e. The number of thiocarbonyl (C=S) groups is 1. The Morgan fingerprint density at radius 3 is 2.52 bits per heavy atom. The molecule has 0 unspecified atom stereocenters. The second-order valence-electron chi connectivity index (χ2n) is 4.89. The fraction of sp³-hybridized carbons (Fsp3) is 0.235. The monoisotopic (exact) mass is 300 g/mol. The maximum atomic E-state index is 5.78. The van der Waals surface area contributed by atoms with Crippen molar-refractivity contribution in [3.63, 3.8) is 0 Å². The van der Waals surface area contributed by atoms with Gasteiger partial charge in [-0.2, -0.15) is 0 Å². The van der Waals surface area contributed by atoms with Gasteiger partial charge in [-0.05, 0) is 42.7 Å². The topological polar surface area (TPSA) is 47.3 Å². The van der Waals surface area contributed by atoms with Crippen LogP contribution in [-0.2, 0) is 6.42 Å². The fourth-order valence-electron chi connectivity index (χ4n) is 2.23. The third kappa shape index (κ3) is 3.95. The van der Waals surface area contributed by atoms with Gasteiger partial charge in [-0.3, -0.25) is 0 Å². The molecule has 0 radical (unpaired) electrons. The quantitative estimate of drug-likeness (QED) is 0.804. The molecule has 0 aliphatic heterocycles. The van der Waals surface area contributed by atoms with Gasteiger partial charge in [0.25, 0.3) is 0 Å². The molecule has 0 fully saturated rings.